The van der Waals surface area contributed by atoms with Crippen LogP contribution in [0.15, 0.2) is 48.5 Å². The molecule has 2 rings (SSSR count). The maximum Gasteiger partial charge on any atom is 0.488 e. The van der Waals surface area contributed by atoms with E-state index in [1.807, 2.05) is 17.8 Å². The summed E-state index contributed by atoms with van der Waals surface area (Å²) in [5, 5.41) is 18.2. The van der Waals surface area contributed by atoms with Crippen LogP contribution in [0.4, 0.5) is 0 Å². The van der Waals surface area contributed by atoms with Crippen LogP contribution in [0, 0.1) is 6.92 Å². The smallest absolute Gasteiger partial charge is 0.488 e. The summed E-state index contributed by atoms with van der Waals surface area (Å²) in [5.41, 5.74) is 3.11. The molecule has 5 heteroatoms. The second-order valence-electron chi connectivity index (χ2n) is 4.77. The van der Waals surface area contributed by atoms with E-state index in [1.165, 1.54) is 11.1 Å². The molecule has 0 heterocycles. The highest BCUT2D eigenvalue weighted by molar-refractivity contribution is 7.98. The summed E-state index contributed by atoms with van der Waals surface area (Å²) in [6.45, 7) is 2.72. The molecule has 0 radical (unpaired) electrons. The van der Waals surface area contributed by atoms with Crippen LogP contribution in [-0.4, -0.2) is 29.5 Å². The fourth-order valence-corrected chi connectivity index (χ4v) is 2.83. The molecule has 0 atom stereocenters. The molecule has 110 valence electrons. The molecule has 0 aromatic heterocycles. The standard InChI is InChI=1S/C16H19BO3S/c1-13-5-2-3-6-14(13)12-21-10-9-20-16-8-4-7-15(11-16)17(18)19/h2-8,11,18-19H,9-10,12H2,1H3. The highest BCUT2D eigenvalue weighted by Gasteiger charge is 2.10. The quantitative estimate of drug-likeness (QED) is 0.606. The molecule has 2 N–H and O–H groups in total. The summed E-state index contributed by atoms with van der Waals surface area (Å²) in [4.78, 5) is 0. The summed E-state index contributed by atoms with van der Waals surface area (Å²) < 4.78 is 5.62. The molecule has 0 aliphatic heterocycles. The monoisotopic (exact) mass is 302 g/mol. The Bertz CT molecular complexity index is 575. The summed E-state index contributed by atoms with van der Waals surface area (Å²) in [6.07, 6.45) is 0. The summed E-state index contributed by atoms with van der Waals surface area (Å²) in [6, 6.07) is 15.3. The van der Waals surface area contributed by atoms with Crippen molar-refractivity contribution in [2.45, 2.75) is 12.7 Å². The van der Waals surface area contributed by atoms with Crippen molar-refractivity contribution in [1.82, 2.24) is 0 Å². The van der Waals surface area contributed by atoms with Crippen LogP contribution in [0.2, 0.25) is 0 Å². The largest absolute Gasteiger partial charge is 0.493 e. The van der Waals surface area contributed by atoms with Gasteiger partial charge in [-0.05, 0) is 35.6 Å². The molecule has 0 bridgehead atoms. The molecule has 0 unspecified atom stereocenters. The molecule has 0 saturated carbocycles. The van der Waals surface area contributed by atoms with Crippen molar-refractivity contribution in [2.75, 3.05) is 12.4 Å². The van der Waals surface area contributed by atoms with E-state index < -0.39 is 7.12 Å². The topological polar surface area (TPSA) is 49.7 Å². The maximum atomic E-state index is 9.11. The second-order valence-corrected chi connectivity index (χ2v) is 5.88. The molecular weight excluding hydrogens is 283 g/mol. The minimum absolute atomic E-state index is 0.445. The van der Waals surface area contributed by atoms with Crippen molar-refractivity contribution in [2.24, 2.45) is 0 Å². The van der Waals surface area contributed by atoms with Crippen molar-refractivity contribution in [3.63, 3.8) is 0 Å². The number of hydrogen-bond donors (Lipinski definition) is 2. The lowest BCUT2D eigenvalue weighted by Gasteiger charge is -2.08. The minimum atomic E-state index is -1.45. The fourth-order valence-electron chi connectivity index (χ4n) is 1.94. The molecular formula is C16H19BO3S. The molecule has 0 amide bonds. The summed E-state index contributed by atoms with van der Waals surface area (Å²) in [5.74, 6) is 2.53. The van der Waals surface area contributed by atoms with Gasteiger partial charge in [-0.15, -0.1) is 0 Å². The predicted octanol–water partition coefficient (Wildman–Crippen LogP) is 1.99. The Kier molecular flexibility index (Phi) is 6.17. The van der Waals surface area contributed by atoms with Gasteiger partial charge in [-0.1, -0.05) is 36.4 Å². The number of thioether (sulfide) groups is 1. The number of aryl methyl sites for hydroxylation is 1. The highest BCUT2D eigenvalue weighted by atomic mass is 32.2. The van der Waals surface area contributed by atoms with Crippen LogP contribution in [-0.2, 0) is 5.75 Å². The van der Waals surface area contributed by atoms with E-state index in [1.54, 1.807) is 18.2 Å². The van der Waals surface area contributed by atoms with Gasteiger partial charge in [0.25, 0.3) is 0 Å². The predicted molar refractivity (Wildman–Crippen MR) is 89.1 cm³/mol. The molecule has 0 aliphatic carbocycles. The van der Waals surface area contributed by atoms with E-state index in [-0.39, 0.29) is 0 Å². The third-order valence-corrected chi connectivity index (χ3v) is 4.14. The van der Waals surface area contributed by atoms with Crippen molar-refractivity contribution in [3.05, 3.63) is 59.7 Å². The van der Waals surface area contributed by atoms with Gasteiger partial charge in [0.2, 0.25) is 0 Å². The van der Waals surface area contributed by atoms with Gasteiger partial charge in [0.15, 0.2) is 0 Å². The first-order chi connectivity index (χ1) is 10.2. The van der Waals surface area contributed by atoms with Gasteiger partial charge >= 0.3 is 7.12 Å². The first kappa shape index (κ1) is 16.0. The number of benzene rings is 2. The van der Waals surface area contributed by atoms with E-state index in [4.69, 9.17) is 14.8 Å². The van der Waals surface area contributed by atoms with E-state index >= 15 is 0 Å². The first-order valence-corrected chi connectivity index (χ1v) is 8.03. The highest BCUT2D eigenvalue weighted by Crippen LogP contribution is 2.16. The van der Waals surface area contributed by atoms with Crippen LogP contribution < -0.4 is 10.2 Å². The maximum absolute atomic E-state index is 9.11. The molecule has 0 saturated heterocycles. The average molecular weight is 302 g/mol. The molecule has 0 fully saturated rings. The van der Waals surface area contributed by atoms with E-state index in [0.717, 1.165) is 11.5 Å². The molecule has 0 spiro atoms. The second kappa shape index (κ2) is 8.12. The molecule has 0 aliphatic rings. The summed E-state index contributed by atoms with van der Waals surface area (Å²) in [7, 11) is -1.45. The lowest BCUT2D eigenvalue weighted by molar-refractivity contribution is 0.344. The lowest BCUT2D eigenvalue weighted by Crippen LogP contribution is -2.29. The third kappa shape index (κ3) is 5.12. The van der Waals surface area contributed by atoms with Gasteiger partial charge in [0.1, 0.15) is 5.75 Å². The van der Waals surface area contributed by atoms with Crippen LogP contribution in [0.1, 0.15) is 11.1 Å². The zero-order valence-electron chi connectivity index (χ0n) is 12.0. The molecule has 2 aromatic rings. The molecule has 3 nitrogen and oxygen atoms in total. The Labute approximate surface area is 130 Å². The van der Waals surface area contributed by atoms with Crippen molar-refractivity contribution in [1.29, 1.82) is 0 Å². The Morgan fingerprint density at radius 2 is 1.90 bits per heavy atom. The fraction of sp³-hybridized carbons (Fsp3) is 0.250. The zero-order valence-corrected chi connectivity index (χ0v) is 12.8. The van der Waals surface area contributed by atoms with Crippen molar-refractivity contribution in [3.8, 4) is 5.75 Å². The van der Waals surface area contributed by atoms with Gasteiger partial charge in [0.05, 0.1) is 6.61 Å². The third-order valence-electron chi connectivity index (χ3n) is 3.17. The van der Waals surface area contributed by atoms with Crippen molar-refractivity contribution < 1.29 is 14.8 Å². The summed E-state index contributed by atoms with van der Waals surface area (Å²) >= 11 is 1.83. The van der Waals surface area contributed by atoms with Crippen LogP contribution in [0.25, 0.3) is 0 Å². The first-order valence-electron chi connectivity index (χ1n) is 6.88. The van der Waals surface area contributed by atoms with E-state index in [0.29, 0.717) is 17.8 Å². The van der Waals surface area contributed by atoms with Gasteiger partial charge in [-0.2, -0.15) is 11.8 Å². The van der Waals surface area contributed by atoms with Crippen LogP contribution in [0.5, 0.6) is 5.75 Å². The molecule has 21 heavy (non-hydrogen) atoms. The number of ether oxygens (including phenoxy) is 1. The van der Waals surface area contributed by atoms with Gasteiger partial charge < -0.3 is 14.8 Å². The minimum Gasteiger partial charge on any atom is -0.493 e. The Morgan fingerprint density at radius 3 is 2.67 bits per heavy atom. The Balaban J connectivity index is 1.73. The van der Waals surface area contributed by atoms with Crippen molar-refractivity contribution >= 4 is 24.3 Å². The average Bonchev–Trinajstić information content (AvgIpc) is 2.49. The van der Waals surface area contributed by atoms with E-state index in [9.17, 15) is 0 Å². The van der Waals surface area contributed by atoms with Gasteiger partial charge in [-0.25, -0.2) is 0 Å². The lowest BCUT2D eigenvalue weighted by atomic mass is 9.80. The normalized spacial score (nSPS) is 10.4. The zero-order chi connectivity index (χ0) is 15.1. The number of rotatable bonds is 7. The van der Waals surface area contributed by atoms with E-state index in [2.05, 4.69) is 31.2 Å². The molecule has 2 aromatic carbocycles. The number of hydrogen-bond acceptors (Lipinski definition) is 4. The van der Waals surface area contributed by atoms with Gasteiger partial charge in [-0.3, -0.25) is 0 Å². The SMILES string of the molecule is Cc1ccccc1CSCCOc1cccc(B(O)O)c1. The Morgan fingerprint density at radius 1 is 1.10 bits per heavy atom. The van der Waals surface area contributed by atoms with Gasteiger partial charge in [0, 0.05) is 11.5 Å². The van der Waals surface area contributed by atoms with Crippen LogP contribution in [0.3, 0.4) is 0 Å². The Hall–Kier alpha value is -1.43. The van der Waals surface area contributed by atoms with Crippen LogP contribution >= 0.6 is 11.8 Å².